The van der Waals surface area contributed by atoms with Crippen LogP contribution in [0.3, 0.4) is 0 Å². The van der Waals surface area contributed by atoms with Gasteiger partial charge in [0.2, 0.25) is 10.0 Å². The van der Waals surface area contributed by atoms with Crippen LogP contribution in [0, 0.1) is 11.6 Å². The van der Waals surface area contributed by atoms with Crippen LogP contribution in [0.25, 0.3) is 0 Å². The molecule has 11 heteroatoms. The molecule has 0 spiro atoms. The SMILES string of the molecule is CCNC(=NCCCN(C)S(=O)(=O)CC)NC1CCN(c2ccc(F)cc2F)C1.I. The van der Waals surface area contributed by atoms with E-state index >= 15 is 0 Å². The van der Waals surface area contributed by atoms with Crippen LogP contribution < -0.4 is 15.5 Å². The van der Waals surface area contributed by atoms with Gasteiger partial charge in [-0.15, -0.1) is 24.0 Å². The summed E-state index contributed by atoms with van der Waals surface area (Å²) in [4.78, 5) is 6.40. The lowest BCUT2D eigenvalue weighted by molar-refractivity contribution is 0.464. The normalized spacial score (nSPS) is 17.2. The summed E-state index contributed by atoms with van der Waals surface area (Å²) in [5.41, 5.74) is 0.401. The van der Waals surface area contributed by atoms with Gasteiger partial charge in [-0.25, -0.2) is 21.5 Å². The Morgan fingerprint density at radius 1 is 1.33 bits per heavy atom. The molecule has 1 aromatic carbocycles. The number of hydrogen-bond acceptors (Lipinski definition) is 4. The lowest BCUT2D eigenvalue weighted by Gasteiger charge is -2.21. The second-order valence-corrected chi connectivity index (χ2v) is 9.37. The molecule has 1 atom stereocenters. The highest BCUT2D eigenvalue weighted by atomic mass is 127. The third kappa shape index (κ3) is 7.80. The van der Waals surface area contributed by atoms with E-state index in [-0.39, 0.29) is 35.8 Å². The van der Waals surface area contributed by atoms with Crippen molar-refractivity contribution in [2.45, 2.75) is 32.7 Å². The number of sulfonamides is 1. The third-order valence-electron chi connectivity index (χ3n) is 4.86. The molecule has 172 valence electrons. The van der Waals surface area contributed by atoms with E-state index in [0.29, 0.717) is 50.8 Å². The fourth-order valence-electron chi connectivity index (χ4n) is 3.19. The van der Waals surface area contributed by atoms with E-state index in [1.54, 1.807) is 14.0 Å². The van der Waals surface area contributed by atoms with Crippen molar-refractivity contribution in [2.24, 2.45) is 4.99 Å². The molecule has 1 heterocycles. The minimum Gasteiger partial charge on any atom is -0.367 e. The molecule has 1 fully saturated rings. The van der Waals surface area contributed by atoms with Crippen LogP contribution in [-0.4, -0.2) is 70.2 Å². The maximum atomic E-state index is 14.0. The second kappa shape index (κ2) is 12.6. The van der Waals surface area contributed by atoms with Crippen molar-refractivity contribution in [1.82, 2.24) is 14.9 Å². The quantitative estimate of drug-likeness (QED) is 0.211. The Bertz CT molecular complexity index is 810. The summed E-state index contributed by atoms with van der Waals surface area (Å²) < 4.78 is 52.0. The Morgan fingerprint density at radius 3 is 2.70 bits per heavy atom. The molecular formula is C19H32F2IN5O2S. The van der Waals surface area contributed by atoms with E-state index in [9.17, 15) is 17.2 Å². The molecule has 2 N–H and O–H groups in total. The molecule has 0 saturated carbocycles. The fraction of sp³-hybridized carbons (Fsp3) is 0.632. The van der Waals surface area contributed by atoms with Gasteiger partial charge in [0.25, 0.3) is 0 Å². The Balaban J connectivity index is 0.00000450. The number of hydrogen-bond donors (Lipinski definition) is 2. The van der Waals surface area contributed by atoms with Gasteiger partial charge in [-0.2, -0.15) is 0 Å². The Kier molecular flexibility index (Phi) is 11.3. The number of nitrogens with zero attached hydrogens (tertiary/aromatic N) is 3. The standard InChI is InChI=1S/C19H31F2N5O2S.HI/c1-4-22-19(23-10-6-11-25(3)29(27,28)5-2)24-16-9-12-26(14-16)18-8-7-15(20)13-17(18)21;/h7-8,13,16H,4-6,9-12,14H2,1-3H3,(H2,22,23,24);1H. The van der Waals surface area contributed by atoms with Gasteiger partial charge in [-0.3, -0.25) is 4.99 Å². The number of aliphatic imine (C=N–C) groups is 1. The smallest absolute Gasteiger partial charge is 0.213 e. The number of rotatable bonds is 9. The molecule has 1 aliphatic heterocycles. The minimum atomic E-state index is -3.17. The molecule has 1 saturated heterocycles. The van der Waals surface area contributed by atoms with E-state index in [1.807, 2.05) is 11.8 Å². The summed E-state index contributed by atoms with van der Waals surface area (Å²) in [7, 11) is -1.60. The number of nitrogens with one attached hydrogen (secondary N) is 2. The third-order valence-corrected chi connectivity index (χ3v) is 6.73. The van der Waals surface area contributed by atoms with Crippen molar-refractivity contribution in [3.63, 3.8) is 0 Å². The van der Waals surface area contributed by atoms with E-state index in [2.05, 4.69) is 15.6 Å². The van der Waals surface area contributed by atoms with Gasteiger partial charge in [-0.05, 0) is 38.8 Å². The van der Waals surface area contributed by atoms with Crippen molar-refractivity contribution in [1.29, 1.82) is 0 Å². The predicted octanol–water partition coefficient (Wildman–Crippen LogP) is 2.39. The largest absolute Gasteiger partial charge is 0.367 e. The molecule has 2 rings (SSSR count). The molecule has 1 aliphatic rings. The van der Waals surface area contributed by atoms with Gasteiger partial charge in [0.05, 0.1) is 11.4 Å². The molecule has 0 amide bonds. The average Bonchev–Trinajstić information content (AvgIpc) is 3.13. The number of benzene rings is 1. The van der Waals surface area contributed by atoms with Crippen LogP contribution in [0.5, 0.6) is 0 Å². The lowest BCUT2D eigenvalue weighted by Crippen LogP contribution is -2.44. The first kappa shape index (κ1) is 26.8. The monoisotopic (exact) mass is 559 g/mol. The lowest BCUT2D eigenvalue weighted by atomic mass is 10.2. The van der Waals surface area contributed by atoms with Crippen LogP contribution in [0.15, 0.2) is 23.2 Å². The zero-order chi connectivity index (χ0) is 21.4. The number of anilines is 1. The van der Waals surface area contributed by atoms with Gasteiger partial charge in [0.1, 0.15) is 11.6 Å². The first-order valence-electron chi connectivity index (χ1n) is 9.95. The van der Waals surface area contributed by atoms with Gasteiger partial charge < -0.3 is 15.5 Å². The zero-order valence-corrected chi connectivity index (χ0v) is 20.8. The topological polar surface area (TPSA) is 77.0 Å². The summed E-state index contributed by atoms with van der Waals surface area (Å²) in [6.07, 6.45) is 1.42. The summed E-state index contributed by atoms with van der Waals surface area (Å²) in [6.45, 7) is 6.44. The number of halogens is 3. The van der Waals surface area contributed by atoms with E-state index in [1.165, 1.54) is 16.4 Å². The Labute approximate surface area is 195 Å². The maximum Gasteiger partial charge on any atom is 0.213 e. The van der Waals surface area contributed by atoms with E-state index in [4.69, 9.17) is 0 Å². The van der Waals surface area contributed by atoms with Crippen molar-refractivity contribution in [2.75, 3.05) is 50.4 Å². The van der Waals surface area contributed by atoms with Crippen LogP contribution >= 0.6 is 24.0 Å². The van der Waals surface area contributed by atoms with Gasteiger partial charge in [0.15, 0.2) is 5.96 Å². The van der Waals surface area contributed by atoms with E-state index in [0.717, 1.165) is 12.5 Å². The van der Waals surface area contributed by atoms with Gasteiger partial charge in [-0.1, -0.05) is 0 Å². The Hall–Kier alpha value is -1.21. The highest BCUT2D eigenvalue weighted by Crippen LogP contribution is 2.24. The van der Waals surface area contributed by atoms with Crippen LogP contribution in [0.4, 0.5) is 14.5 Å². The fourth-order valence-corrected chi connectivity index (χ4v) is 4.04. The number of guanidine groups is 1. The highest BCUT2D eigenvalue weighted by molar-refractivity contribution is 14.0. The summed E-state index contributed by atoms with van der Waals surface area (Å²) in [6, 6.07) is 3.71. The van der Waals surface area contributed by atoms with Crippen LogP contribution in [0.1, 0.15) is 26.7 Å². The van der Waals surface area contributed by atoms with Crippen LogP contribution in [0.2, 0.25) is 0 Å². The van der Waals surface area contributed by atoms with E-state index < -0.39 is 21.7 Å². The molecule has 0 aromatic heterocycles. The molecule has 0 aliphatic carbocycles. The molecule has 7 nitrogen and oxygen atoms in total. The maximum absolute atomic E-state index is 14.0. The Morgan fingerprint density at radius 2 is 2.07 bits per heavy atom. The second-order valence-electron chi connectivity index (χ2n) is 7.01. The summed E-state index contributed by atoms with van der Waals surface area (Å²) in [5, 5.41) is 6.52. The summed E-state index contributed by atoms with van der Waals surface area (Å²) >= 11 is 0. The predicted molar refractivity (Wildman–Crippen MR) is 128 cm³/mol. The molecule has 0 radical (unpaired) electrons. The zero-order valence-electron chi connectivity index (χ0n) is 17.7. The molecule has 0 bridgehead atoms. The molecule has 1 aromatic rings. The highest BCUT2D eigenvalue weighted by Gasteiger charge is 2.25. The average molecular weight is 559 g/mol. The van der Waals surface area contributed by atoms with Crippen molar-refractivity contribution in [3.05, 3.63) is 29.8 Å². The van der Waals surface area contributed by atoms with Crippen molar-refractivity contribution >= 4 is 45.6 Å². The minimum absolute atomic E-state index is 0. The van der Waals surface area contributed by atoms with Crippen molar-refractivity contribution < 1.29 is 17.2 Å². The van der Waals surface area contributed by atoms with Gasteiger partial charge in [0, 0.05) is 51.9 Å². The molecular weight excluding hydrogens is 527 g/mol. The molecule has 1 unspecified atom stereocenters. The summed E-state index contributed by atoms with van der Waals surface area (Å²) in [5.74, 6) is -0.402. The first-order chi connectivity index (χ1) is 13.8. The van der Waals surface area contributed by atoms with Crippen LogP contribution in [-0.2, 0) is 10.0 Å². The first-order valence-corrected chi connectivity index (χ1v) is 11.6. The van der Waals surface area contributed by atoms with Gasteiger partial charge >= 0.3 is 0 Å². The van der Waals surface area contributed by atoms with Crippen molar-refractivity contribution in [3.8, 4) is 0 Å². The molecule has 30 heavy (non-hydrogen) atoms.